The molecule has 0 N–H and O–H groups in total. The molecule has 0 atom stereocenters. The van der Waals surface area contributed by atoms with E-state index in [-0.39, 0.29) is 22.8 Å². The van der Waals surface area contributed by atoms with Gasteiger partial charge in [-0.25, -0.2) is 4.39 Å². The maximum absolute atomic E-state index is 13.6. The van der Waals surface area contributed by atoms with Gasteiger partial charge in [-0.2, -0.15) is 5.26 Å². The second kappa shape index (κ2) is 14.8. The van der Waals surface area contributed by atoms with Crippen LogP contribution in [0.4, 0.5) is 15.9 Å². The lowest BCUT2D eigenvalue weighted by molar-refractivity contribution is -0.122. The number of halogens is 1. The maximum atomic E-state index is 13.6. The average Bonchev–Trinajstić information content (AvgIpc) is 3.26. The lowest BCUT2D eigenvalue weighted by Gasteiger charge is -2.39. The van der Waals surface area contributed by atoms with E-state index in [9.17, 15) is 19.2 Å². The number of carbonyl (C=O) groups excluding carboxylic acids is 1. The molecule has 1 aromatic heterocycles. The quantitative estimate of drug-likeness (QED) is 0.155. The van der Waals surface area contributed by atoms with E-state index in [0.717, 1.165) is 55.6 Å². The van der Waals surface area contributed by atoms with Gasteiger partial charge in [-0.3, -0.25) is 19.1 Å². The van der Waals surface area contributed by atoms with Gasteiger partial charge in [0.2, 0.25) is 0 Å². The Labute approximate surface area is 258 Å². The smallest absolute Gasteiger partial charge is 0.270 e. The molecule has 3 heterocycles. The first-order valence-electron chi connectivity index (χ1n) is 15.0. The number of nitrogens with zero attached hydrogens (tertiary/aromatic N) is 5. The topological polar surface area (TPSA) is 72.6 Å². The summed E-state index contributed by atoms with van der Waals surface area (Å²) >= 11 is 6.89. The van der Waals surface area contributed by atoms with Gasteiger partial charge in [0.05, 0.1) is 4.91 Å². The Hall–Kier alpha value is -3.16. The van der Waals surface area contributed by atoms with Gasteiger partial charge >= 0.3 is 0 Å². The van der Waals surface area contributed by atoms with Crippen molar-refractivity contribution in [3.63, 3.8) is 0 Å². The number of unbranched alkanes of at least 4 members (excludes halogenated alkanes) is 5. The minimum Gasteiger partial charge on any atom is -0.368 e. The highest BCUT2D eigenvalue weighted by Crippen LogP contribution is 2.36. The number of amides is 1. The van der Waals surface area contributed by atoms with E-state index in [1.54, 1.807) is 28.5 Å². The molecular weight excluding hydrogens is 570 g/mol. The summed E-state index contributed by atoms with van der Waals surface area (Å²) in [5.74, 6) is 0.363. The van der Waals surface area contributed by atoms with Crippen molar-refractivity contribution in [2.24, 2.45) is 0 Å². The molecule has 0 bridgehead atoms. The number of piperazine rings is 1. The molecule has 10 heteroatoms. The second-order valence-electron chi connectivity index (χ2n) is 10.9. The summed E-state index contributed by atoms with van der Waals surface area (Å²) < 4.78 is 15.8. The third-order valence-corrected chi connectivity index (χ3v) is 9.36. The van der Waals surface area contributed by atoms with Crippen LogP contribution in [0, 0.1) is 24.1 Å². The Morgan fingerprint density at radius 2 is 1.60 bits per heavy atom. The summed E-state index contributed by atoms with van der Waals surface area (Å²) in [7, 11) is 0. The summed E-state index contributed by atoms with van der Waals surface area (Å²) in [4.78, 5) is 33.7. The average molecular weight is 610 g/mol. The lowest BCUT2D eigenvalue weighted by atomic mass is 10.0. The number of rotatable bonds is 12. The van der Waals surface area contributed by atoms with Crippen molar-refractivity contribution in [1.29, 1.82) is 5.26 Å². The summed E-state index contributed by atoms with van der Waals surface area (Å²) in [6, 6.07) is 8.63. The molecule has 1 amide bonds. The molecule has 224 valence electrons. The van der Waals surface area contributed by atoms with Crippen molar-refractivity contribution in [2.45, 2.75) is 72.3 Å². The number of benzene rings is 1. The standard InChI is InChI=1S/C32H40FN5O2S2/c1-4-6-8-9-10-16-38-31(40)28(42-32(38)41)21-26-23(3)27(22-34)30(39)37(15-7-5-2)29(26)36-19-17-35(18-20-36)25-13-11-24(33)12-14-25/h11-14,21H,4-10,15-20H2,1-3H3. The van der Waals surface area contributed by atoms with E-state index in [1.165, 1.54) is 30.3 Å². The highest BCUT2D eigenvalue weighted by Gasteiger charge is 2.33. The lowest BCUT2D eigenvalue weighted by Crippen LogP contribution is -2.48. The summed E-state index contributed by atoms with van der Waals surface area (Å²) in [6.07, 6.45) is 8.99. The zero-order valence-corrected chi connectivity index (χ0v) is 26.5. The van der Waals surface area contributed by atoms with Crippen LogP contribution < -0.4 is 15.4 Å². The number of anilines is 2. The number of aromatic nitrogens is 1. The number of thiocarbonyl (C=S) groups is 1. The van der Waals surface area contributed by atoms with E-state index in [2.05, 4.69) is 29.7 Å². The molecular formula is C32H40FN5O2S2. The normalized spacial score (nSPS) is 16.5. The molecule has 0 unspecified atom stereocenters. The SMILES string of the molecule is CCCCCCCN1C(=O)C(=Cc2c(C)c(C#N)c(=O)n(CCCC)c2N2CCN(c3ccc(F)cc3)CC2)SC1=S. The van der Waals surface area contributed by atoms with Gasteiger partial charge in [0.25, 0.3) is 11.5 Å². The van der Waals surface area contributed by atoms with Crippen LogP contribution in [0.5, 0.6) is 0 Å². The molecule has 7 nitrogen and oxygen atoms in total. The fraction of sp³-hybridized carbons (Fsp3) is 0.500. The predicted molar refractivity (Wildman–Crippen MR) is 175 cm³/mol. The molecule has 4 rings (SSSR count). The Kier molecular flexibility index (Phi) is 11.2. The highest BCUT2D eigenvalue weighted by atomic mass is 32.2. The van der Waals surface area contributed by atoms with Crippen molar-refractivity contribution in [3.8, 4) is 6.07 Å². The minimum atomic E-state index is -0.295. The number of pyridine rings is 1. The van der Waals surface area contributed by atoms with E-state index in [1.807, 2.05) is 6.08 Å². The van der Waals surface area contributed by atoms with E-state index < -0.39 is 0 Å². The van der Waals surface area contributed by atoms with E-state index >= 15 is 0 Å². The first-order chi connectivity index (χ1) is 20.3. The van der Waals surface area contributed by atoms with Crippen LogP contribution in [0.25, 0.3) is 6.08 Å². The van der Waals surface area contributed by atoms with Gasteiger partial charge in [-0.1, -0.05) is 69.9 Å². The molecule has 42 heavy (non-hydrogen) atoms. The molecule has 0 radical (unpaired) electrons. The number of hydrogen-bond acceptors (Lipinski definition) is 7. The summed E-state index contributed by atoms with van der Waals surface area (Å²) in [5.41, 5.74) is 2.07. The molecule has 0 aliphatic carbocycles. The number of thioether (sulfide) groups is 1. The Morgan fingerprint density at radius 3 is 2.24 bits per heavy atom. The van der Waals surface area contributed by atoms with E-state index in [0.29, 0.717) is 54.1 Å². The molecule has 2 aliphatic rings. The van der Waals surface area contributed by atoms with Crippen molar-refractivity contribution in [3.05, 3.63) is 62.0 Å². The van der Waals surface area contributed by atoms with Crippen LogP contribution >= 0.6 is 24.0 Å². The fourth-order valence-electron chi connectivity index (χ4n) is 5.53. The molecule has 0 saturated carbocycles. The third kappa shape index (κ3) is 7.07. The second-order valence-corrected chi connectivity index (χ2v) is 12.5. The van der Waals surface area contributed by atoms with Gasteiger partial charge in [0.1, 0.15) is 27.6 Å². The van der Waals surface area contributed by atoms with Crippen molar-refractivity contribution >= 4 is 51.8 Å². The zero-order chi connectivity index (χ0) is 30.2. The van der Waals surface area contributed by atoms with Crippen molar-refractivity contribution < 1.29 is 9.18 Å². The van der Waals surface area contributed by atoms with Gasteiger partial charge < -0.3 is 9.80 Å². The van der Waals surface area contributed by atoms with Crippen molar-refractivity contribution in [2.75, 3.05) is 42.5 Å². The van der Waals surface area contributed by atoms with Gasteiger partial charge in [-0.05, 0) is 55.7 Å². The molecule has 1 aromatic carbocycles. The molecule has 0 spiro atoms. The van der Waals surface area contributed by atoms with Gasteiger partial charge in [0, 0.05) is 50.5 Å². The van der Waals surface area contributed by atoms with Crippen molar-refractivity contribution in [1.82, 2.24) is 9.47 Å². The third-order valence-electron chi connectivity index (χ3n) is 7.99. The number of carbonyl (C=O) groups is 1. The highest BCUT2D eigenvalue weighted by molar-refractivity contribution is 8.26. The number of hydrogen-bond donors (Lipinski definition) is 0. The maximum Gasteiger partial charge on any atom is 0.270 e. The van der Waals surface area contributed by atoms with Crippen LogP contribution in [-0.4, -0.2) is 52.4 Å². The molecule has 2 saturated heterocycles. The first kappa shape index (κ1) is 31.8. The number of nitriles is 1. The summed E-state index contributed by atoms with van der Waals surface area (Å²) in [5, 5.41) is 9.98. The Bertz CT molecular complexity index is 1420. The zero-order valence-electron chi connectivity index (χ0n) is 24.8. The molecule has 2 fully saturated rings. The van der Waals surface area contributed by atoms with Crippen LogP contribution in [0.15, 0.2) is 34.0 Å². The summed E-state index contributed by atoms with van der Waals surface area (Å²) in [6.45, 7) is 9.76. The van der Waals surface area contributed by atoms with Crippen LogP contribution in [0.3, 0.4) is 0 Å². The monoisotopic (exact) mass is 609 g/mol. The molecule has 2 aromatic rings. The fourth-order valence-corrected chi connectivity index (χ4v) is 6.82. The van der Waals surface area contributed by atoms with E-state index in [4.69, 9.17) is 12.2 Å². The largest absolute Gasteiger partial charge is 0.368 e. The Morgan fingerprint density at radius 1 is 0.952 bits per heavy atom. The predicted octanol–water partition coefficient (Wildman–Crippen LogP) is 6.47. The van der Waals surface area contributed by atoms with Crippen LogP contribution in [-0.2, 0) is 11.3 Å². The molecule has 2 aliphatic heterocycles. The minimum absolute atomic E-state index is 0.109. The Balaban J connectivity index is 1.69. The first-order valence-corrected chi connectivity index (χ1v) is 16.2. The van der Waals surface area contributed by atoms with Gasteiger partial charge in [-0.15, -0.1) is 0 Å². The van der Waals surface area contributed by atoms with Crippen LogP contribution in [0.2, 0.25) is 0 Å². The van der Waals surface area contributed by atoms with Crippen LogP contribution in [0.1, 0.15) is 75.5 Å². The van der Waals surface area contributed by atoms with Gasteiger partial charge in [0.15, 0.2) is 0 Å².